The van der Waals surface area contributed by atoms with Crippen molar-refractivity contribution in [1.29, 1.82) is 0 Å². The largest absolute Gasteiger partial charge is 0.388 e. The fraction of sp³-hybridized carbons (Fsp3) is 0.294. The molecule has 0 radical (unpaired) electrons. The van der Waals surface area contributed by atoms with Crippen molar-refractivity contribution >= 4 is 43.6 Å². The van der Waals surface area contributed by atoms with Gasteiger partial charge in [0, 0.05) is 43.6 Å². The lowest BCUT2D eigenvalue weighted by Gasteiger charge is -2.36. The summed E-state index contributed by atoms with van der Waals surface area (Å²) in [6.45, 7) is 3.26. The van der Waals surface area contributed by atoms with E-state index in [2.05, 4.69) is 52.0 Å². The Bertz CT molecular complexity index is 2600. The average molecular weight is 811 g/mol. The molecule has 9 heteroatoms. The Morgan fingerprint density at radius 2 is 1.12 bits per heavy atom. The maximum absolute atomic E-state index is 14.0. The van der Waals surface area contributed by atoms with Crippen LogP contribution in [0.25, 0.3) is 43.6 Å². The number of hydrogen-bond donors (Lipinski definition) is 2. The number of nitrogens with one attached hydrogen (secondary N) is 1. The first-order chi connectivity index (χ1) is 29.3. The molecule has 308 valence electrons. The van der Waals surface area contributed by atoms with Crippen molar-refractivity contribution in [2.75, 3.05) is 0 Å². The zero-order chi connectivity index (χ0) is 41.2. The summed E-state index contributed by atoms with van der Waals surface area (Å²) in [5.74, 6) is -0.864. The SMILES string of the molecule is Cc1ccc2c(c1)c1cc(F)ccc1n2[C@@H]1CCC[C@@H](OCc2ccccc2)[C@H]1O.Fc1ccc2[nH]c3ccc(F)cc3c2c1.c1ccc(CO[C@@H]2CCC[C@@H]3O[C@@H]32)cc1. The Balaban J connectivity index is 0.000000128. The van der Waals surface area contributed by atoms with Gasteiger partial charge in [0.2, 0.25) is 0 Å². The Hall–Kier alpha value is -5.45. The molecule has 2 N–H and O–H groups in total. The number of epoxide rings is 1. The minimum Gasteiger partial charge on any atom is -0.388 e. The highest BCUT2D eigenvalue weighted by Gasteiger charge is 2.47. The van der Waals surface area contributed by atoms with Gasteiger partial charge < -0.3 is 28.9 Å². The normalized spacial score (nSPS) is 22.2. The molecular formula is C51H49F3N2O4. The molecule has 3 fully saturated rings. The number of hydrogen-bond acceptors (Lipinski definition) is 4. The number of rotatable bonds is 7. The van der Waals surface area contributed by atoms with Crippen LogP contribution in [-0.2, 0) is 27.4 Å². The number of H-pyrrole nitrogens is 1. The molecule has 0 unspecified atom stereocenters. The van der Waals surface area contributed by atoms with Crippen molar-refractivity contribution in [3.05, 3.63) is 168 Å². The average Bonchev–Trinajstić information content (AvgIpc) is 3.91. The molecule has 1 aliphatic heterocycles. The third-order valence-corrected chi connectivity index (χ3v) is 12.1. The van der Waals surface area contributed by atoms with Gasteiger partial charge in [-0.3, -0.25) is 0 Å². The van der Waals surface area contributed by atoms with Gasteiger partial charge in [-0.1, -0.05) is 72.3 Å². The van der Waals surface area contributed by atoms with Crippen LogP contribution in [0.3, 0.4) is 0 Å². The van der Waals surface area contributed by atoms with E-state index < -0.39 is 6.10 Å². The summed E-state index contributed by atoms with van der Waals surface area (Å²) in [4.78, 5) is 3.10. The Labute approximate surface area is 347 Å². The third kappa shape index (κ3) is 8.72. The van der Waals surface area contributed by atoms with Crippen LogP contribution in [0.15, 0.2) is 133 Å². The Kier molecular flexibility index (Phi) is 11.8. The highest BCUT2D eigenvalue weighted by Crippen LogP contribution is 2.40. The number of aliphatic hydroxyl groups excluding tert-OH is 1. The van der Waals surface area contributed by atoms with Crippen LogP contribution < -0.4 is 0 Å². The second kappa shape index (κ2) is 17.6. The molecule has 6 aromatic carbocycles. The Morgan fingerprint density at radius 3 is 1.75 bits per heavy atom. The number of halogens is 3. The van der Waals surface area contributed by atoms with Crippen LogP contribution in [0.5, 0.6) is 0 Å². The quantitative estimate of drug-likeness (QED) is 0.157. The van der Waals surface area contributed by atoms with E-state index in [9.17, 15) is 18.3 Å². The van der Waals surface area contributed by atoms with Crippen LogP contribution >= 0.6 is 0 Å². The standard InChI is InChI=1S/C26H26FNO2.C13H16O2.C12H7F2N/c1-17-10-12-22-20(14-17)21-15-19(27)11-13-23(21)28(22)24-8-5-9-25(26(24)29)30-16-18-6-3-2-4-7-18;1-2-5-10(6-3-1)9-14-11-7-4-8-12-13(11)15-12;13-7-1-3-11-9(5-7)10-6-8(14)2-4-12(10)15-11/h2-4,6-7,10-15,24-26,29H,5,8-9,16H2,1H3;1-3,5-6,11-13H,4,7-9H2;1-6,15H/t24-,25-,26+;11-,12+,13-;/m11./s1. The van der Waals surface area contributed by atoms with Crippen molar-refractivity contribution in [3.63, 3.8) is 0 Å². The molecule has 6 atom stereocenters. The van der Waals surface area contributed by atoms with Gasteiger partial charge in [-0.25, -0.2) is 13.2 Å². The summed E-state index contributed by atoms with van der Waals surface area (Å²) in [6, 6.07) is 40.4. The van der Waals surface area contributed by atoms with Gasteiger partial charge in [0.25, 0.3) is 0 Å². The van der Waals surface area contributed by atoms with E-state index in [0.29, 0.717) is 35.7 Å². The molecule has 3 aliphatic rings. The second-order valence-electron chi connectivity index (χ2n) is 16.3. The van der Waals surface area contributed by atoms with Crippen LogP contribution in [0.2, 0.25) is 0 Å². The van der Waals surface area contributed by atoms with E-state index >= 15 is 0 Å². The van der Waals surface area contributed by atoms with E-state index in [0.717, 1.165) is 76.3 Å². The van der Waals surface area contributed by atoms with Crippen molar-refractivity contribution in [2.24, 2.45) is 0 Å². The molecule has 3 heterocycles. The molecule has 11 rings (SSSR count). The number of aromatic nitrogens is 2. The van der Waals surface area contributed by atoms with Crippen LogP contribution in [0.1, 0.15) is 61.3 Å². The van der Waals surface area contributed by atoms with E-state index in [1.165, 1.54) is 48.7 Å². The molecule has 2 saturated carbocycles. The first-order valence-corrected chi connectivity index (χ1v) is 21.0. The number of aliphatic hydroxyl groups is 1. The molecule has 6 nitrogen and oxygen atoms in total. The summed E-state index contributed by atoms with van der Waals surface area (Å²) in [5, 5.41) is 14.6. The topological polar surface area (TPSA) is 71.9 Å². The fourth-order valence-electron chi connectivity index (χ4n) is 9.05. The van der Waals surface area contributed by atoms with Gasteiger partial charge in [0.15, 0.2) is 0 Å². The van der Waals surface area contributed by atoms with E-state index in [1.54, 1.807) is 18.2 Å². The molecular weight excluding hydrogens is 762 g/mol. The highest BCUT2D eigenvalue weighted by atomic mass is 19.1. The van der Waals surface area contributed by atoms with Gasteiger partial charge >= 0.3 is 0 Å². The Morgan fingerprint density at radius 1 is 0.600 bits per heavy atom. The predicted octanol–water partition coefficient (Wildman–Crippen LogP) is 12.0. The van der Waals surface area contributed by atoms with Crippen molar-refractivity contribution in [3.8, 4) is 0 Å². The van der Waals surface area contributed by atoms with Gasteiger partial charge in [-0.15, -0.1) is 0 Å². The lowest BCUT2D eigenvalue weighted by molar-refractivity contribution is -0.0858. The molecule has 2 aromatic heterocycles. The molecule has 0 bridgehead atoms. The van der Waals surface area contributed by atoms with Crippen molar-refractivity contribution in [1.82, 2.24) is 9.55 Å². The van der Waals surface area contributed by atoms with Gasteiger partial charge in [-0.2, -0.15) is 0 Å². The first-order valence-electron chi connectivity index (χ1n) is 21.0. The number of ether oxygens (including phenoxy) is 3. The minimum absolute atomic E-state index is 0.104. The molecule has 1 saturated heterocycles. The lowest BCUT2D eigenvalue weighted by Crippen LogP contribution is -2.40. The smallest absolute Gasteiger partial charge is 0.123 e. The number of nitrogens with zero attached hydrogens (tertiary/aromatic N) is 1. The van der Waals surface area contributed by atoms with Gasteiger partial charge in [-0.05, 0) is 123 Å². The predicted molar refractivity (Wildman–Crippen MR) is 231 cm³/mol. The molecule has 60 heavy (non-hydrogen) atoms. The number of aromatic amines is 1. The van der Waals surface area contributed by atoms with E-state index in [4.69, 9.17) is 14.2 Å². The van der Waals surface area contributed by atoms with Crippen LogP contribution in [-0.4, -0.2) is 45.2 Å². The number of fused-ring (bicyclic) bond motifs is 7. The summed E-state index contributed by atoms with van der Waals surface area (Å²) in [7, 11) is 0. The molecule has 0 amide bonds. The zero-order valence-electron chi connectivity index (χ0n) is 33.6. The van der Waals surface area contributed by atoms with Gasteiger partial charge in [0.1, 0.15) is 29.7 Å². The van der Waals surface area contributed by atoms with Crippen molar-refractivity contribution < 1.29 is 32.5 Å². The van der Waals surface area contributed by atoms with E-state index in [-0.39, 0.29) is 29.6 Å². The lowest BCUT2D eigenvalue weighted by atomic mass is 9.89. The van der Waals surface area contributed by atoms with Crippen LogP contribution in [0, 0.1) is 24.4 Å². The summed E-state index contributed by atoms with van der Waals surface area (Å²) < 4.78 is 59.9. The number of aryl methyl sites for hydroxylation is 1. The molecule has 2 aliphatic carbocycles. The van der Waals surface area contributed by atoms with Gasteiger partial charge in [0.05, 0.1) is 37.6 Å². The maximum Gasteiger partial charge on any atom is 0.123 e. The van der Waals surface area contributed by atoms with Crippen LogP contribution in [0.4, 0.5) is 13.2 Å². The third-order valence-electron chi connectivity index (χ3n) is 12.1. The monoisotopic (exact) mass is 810 g/mol. The maximum atomic E-state index is 14.0. The molecule has 0 spiro atoms. The van der Waals surface area contributed by atoms with Crippen molar-refractivity contribution in [2.45, 2.75) is 95.2 Å². The second-order valence-corrected chi connectivity index (χ2v) is 16.3. The van der Waals surface area contributed by atoms with E-state index in [1.807, 2.05) is 49.4 Å². The summed E-state index contributed by atoms with van der Waals surface area (Å²) >= 11 is 0. The fourth-order valence-corrected chi connectivity index (χ4v) is 9.05. The molecule has 8 aromatic rings. The number of benzene rings is 6. The zero-order valence-corrected chi connectivity index (χ0v) is 33.6. The summed E-state index contributed by atoms with van der Waals surface area (Å²) in [6.07, 6.45) is 6.76. The summed E-state index contributed by atoms with van der Waals surface area (Å²) in [5.41, 5.74) is 7.13. The highest BCUT2D eigenvalue weighted by molar-refractivity contribution is 6.08. The first kappa shape index (κ1) is 40.0. The minimum atomic E-state index is -0.618.